The van der Waals surface area contributed by atoms with Gasteiger partial charge in [-0.25, -0.2) is 8.42 Å². The van der Waals surface area contributed by atoms with Gasteiger partial charge in [0.05, 0.1) is 4.90 Å². The number of piperidine rings is 1. The first-order chi connectivity index (χ1) is 11.2. The number of carbonyl (C=O) groups excluding carboxylic acids is 1. The monoisotopic (exact) mass is 353 g/mol. The minimum Gasteiger partial charge on any atom is -0.346 e. The zero-order valence-corrected chi connectivity index (χ0v) is 15.4. The lowest BCUT2D eigenvalue weighted by molar-refractivity contribution is 0.0915. The van der Waals surface area contributed by atoms with E-state index in [4.69, 9.17) is 5.73 Å². The fourth-order valence-electron chi connectivity index (χ4n) is 2.79. The van der Waals surface area contributed by atoms with E-state index in [0.29, 0.717) is 18.7 Å². The first kappa shape index (κ1) is 18.9. The molecule has 0 aromatic heterocycles. The molecule has 0 bridgehead atoms. The minimum atomic E-state index is -3.59. The summed E-state index contributed by atoms with van der Waals surface area (Å²) in [5, 5.41) is 2.82. The van der Waals surface area contributed by atoms with E-state index >= 15 is 0 Å². The zero-order valence-electron chi connectivity index (χ0n) is 14.6. The highest BCUT2D eigenvalue weighted by atomic mass is 32.2. The Bertz CT molecular complexity index is 701. The van der Waals surface area contributed by atoms with Crippen LogP contribution in [-0.4, -0.2) is 43.3 Å². The van der Waals surface area contributed by atoms with Gasteiger partial charge in [-0.15, -0.1) is 0 Å². The third kappa shape index (κ3) is 4.15. The van der Waals surface area contributed by atoms with E-state index in [1.807, 2.05) is 20.8 Å². The maximum Gasteiger partial charge on any atom is 0.251 e. The number of amides is 1. The van der Waals surface area contributed by atoms with Crippen LogP contribution in [0.2, 0.25) is 0 Å². The van der Waals surface area contributed by atoms with Crippen LogP contribution in [0.25, 0.3) is 0 Å². The molecule has 1 saturated heterocycles. The summed E-state index contributed by atoms with van der Waals surface area (Å²) >= 11 is 0. The minimum absolute atomic E-state index is 0.0163. The first-order valence-corrected chi connectivity index (χ1v) is 9.76. The number of nitrogens with one attached hydrogen (secondary N) is 1. The second-order valence-corrected chi connectivity index (χ2v) is 8.92. The van der Waals surface area contributed by atoms with Crippen molar-refractivity contribution >= 4 is 15.9 Å². The molecule has 0 spiro atoms. The molecule has 1 heterocycles. The number of sulfonamides is 1. The SMILES string of the molecule is CC1CCCCN1S(=O)(=O)c1cccc(C(=O)NC(C)(C)CN)c1. The Morgan fingerprint density at radius 1 is 1.38 bits per heavy atom. The maximum absolute atomic E-state index is 12.9. The van der Waals surface area contributed by atoms with Crippen LogP contribution < -0.4 is 11.1 Å². The van der Waals surface area contributed by atoms with Gasteiger partial charge in [0.15, 0.2) is 0 Å². The molecular weight excluding hydrogens is 326 g/mol. The summed E-state index contributed by atoms with van der Waals surface area (Å²) in [6.45, 7) is 6.39. The molecule has 1 aromatic carbocycles. The van der Waals surface area contributed by atoms with Crippen LogP contribution in [0.4, 0.5) is 0 Å². The van der Waals surface area contributed by atoms with E-state index in [0.717, 1.165) is 19.3 Å². The number of hydrogen-bond acceptors (Lipinski definition) is 4. The Kier molecular flexibility index (Phi) is 5.67. The highest BCUT2D eigenvalue weighted by Crippen LogP contribution is 2.25. The molecule has 0 aliphatic carbocycles. The highest BCUT2D eigenvalue weighted by Gasteiger charge is 2.31. The second-order valence-electron chi connectivity index (χ2n) is 7.03. The van der Waals surface area contributed by atoms with Crippen LogP contribution >= 0.6 is 0 Å². The Labute approximate surface area is 144 Å². The number of benzene rings is 1. The fourth-order valence-corrected chi connectivity index (χ4v) is 4.54. The molecule has 1 aliphatic heterocycles. The second kappa shape index (κ2) is 7.21. The number of nitrogens with two attached hydrogens (primary N) is 1. The van der Waals surface area contributed by atoms with Crippen molar-refractivity contribution in [1.29, 1.82) is 0 Å². The van der Waals surface area contributed by atoms with Crippen LogP contribution in [0.5, 0.6) is 0 Å². The third-order valence-corrected chi connectivity index (χ3v) is 6.42. The molecule has 1 aliphatic rings. The van der Waals surface area contributed by atoms with Gasteiger partial charge in [-0.2, -0.15) is 4.31 Å². The molecular formula is C17H27N3O3S. The van der Waals surface area contributed by atoms with Crippen molar-refractivity contribution in [2.75, 3.05) is 13.1 Å². The molecule has 1 aromatic rings. The standard InChI is InChI=1S/C17H27N3O3S/c1-13-7-4-5-10-20(13)24(22,23)15-9-6-8-14(11-15)16(21)19-17(2,3)12-18/h6,8-9,11,13H,4-5,7,10,12,18H2,1-3H3,(H,19,21). The summed E-state index contributed by atoms with van der Waals surface area (Å²) in [6, 6.07) is 6.18. The summed E-state index contributed by atoms with van der Waals surface area (Å²) in [6.07, 6.45) is 2.78. The first-order valence-electron chi connectivity index (χ1n) is 8.32. The van der Waals surface area contributed by atoms with Crippen LogP contribution in [0.1, 0.15) is 50.4 Å². The molecule has 0 saturated carbocycles. The van der Waals surface area contributed by atoms with Crippen molar-refractivity contribution in [2.45, 2.75) is 56.5 Å². The average molecular weight is 353 g/mol. The van der Waals surface area contributed by atoms with E-state index < -0.39 is 15.6 Å². The van der Waals surface area contributed by atoms with Crippen LogP contribution in [0.3, 0.4) is 0 Å². The van der Waals surface area contributed by atoms with E-state index in [2.05, 4.69) is 5.32 Å². The van der Waals surface area contributed by atoms with Gasteiger partial charge >= 0.3 is 0 Å². The van der Waals surface area contributed by atoms with Gasteiger partial charge in [0.2, 0.25) is 10.0 Å². The van der Waals surface area contributed by atoms with Crippen molar-refractivity contribution in [1.82, 2.24) is 9.62 Å². The molecule has 3 N–H and O–H groups in total. The number of rotatable bonds is 5. The van der Waals surface area contributed by atoms with Crippen LogP contribution in [0, 0.1) is 0 Å². The molecule has 7 heteroatoms. The maximum atomic E-state index is 12.9. The van der Waals surface area contributed by atoms with Crippen LogP contribution in [0.15, 0.2) is 29.2 Å². The largest absolute Gasteiger partial charge is 0.346 e. The van der Waals surface area contributed by atoms with Gasteiger partial charge in [-0.1, -0.05) is 12.5 Å². The molecule has 24 heavy (non-hydrogen) atoms. The van der Waals surface area contributed by atoms with E-state index in [1.54, 1.807) is 18.2 Å². The van der Waals surface area contributed by atoms with Gasteiger partial charge in [-0.3, -0.25) is 4.79 Å². The lowest BCUT2D eigenvalue weighted by Gasteiger charge is -2.32. The Morgan fingerprint density at radius 3 is 2.71 bits per heavy atom. The average Bonchev–Trinajstić information content (AvgIpc) is 2.55. The Morgan fingerprint density at radius 2 is 2.08 bits per heavy atom. The predicted octanol–water partition coefficient (Wildman–Crippen LogP) is 1.72. The topological polar surface area (TPSA) is 92.5 Å². The lowest BCUT2D eigenvalue weighted by atomic mass is 10.1. The van der Waals surface area contributed by atoms with Crippen molar-refractivity contribution < 1.29 is 13.2 Å². The van der Waals surface area contributed by atoms with Gasteiger partial charge in [0.1, 0.15) is 0 Å². The molecule has 2 rings (SSSR count). The molecule has 134 valence electrons. The Balaban J connectivity index is 2.28. The molecule has 6 nitrogen and oxygen atoms in total. The normalized spacial score (nSPS) is 19.9. The van der Waals surface area contributed by atoms with Crippen molar-refractivity contribution in [3.8, 4) is 0 Å². The third-order valence-electron chi connectivity index (χ3n) is 4.41. The van der Waals surface area contributed by atoms with Gasteiger partial charge in [0, 0.05) is 30.2 Å². The number of carbonyl (C=O) groups is 1. The number of hydrogen-bond donors (Lipinski definition) is 2. The summed E-state index contributed by atoms with van der Waals surface area (Å²) in [4.78, 5) is 12.5. The summed E-state index contributed by atoms with van der Waals surface area (Å²) in [5.74, 6) is -0.325. The molecule has 1 fully saturated rings. The predicted molar refractivity (Wildman–Crippen MR) is 94.2 cm³/mol. The van der Waals surface area contributed by atoms with Crippen molar-refractivity contribution in [3.63, 3.8) is 0 Å². The molecule has 1 amide bonds. The van der Waals surface area contributed by atoms with E-state index in [-0.39, 0.29) is 16.8 Å². The quantitative estimate of drug-likeness (QED) is 0.843. The summed E-state index contributed by atoms with van der Waals surface area (Å²) in [5.41, 5.74) is 5.40. The van der Waals surface area contributed by atoms with Gasteiger partial charge in [-0.05, 0) is 51.8 Å². The van der Waals surface area contributed by atoms with Crippen molar-refractivity contribution in [2.24, 2.45) is 5.73 Å². The molecule has 1 unspecified atom stereocenters. The molecule has 1 atom stereocenters. The smallest absolute Gasteiger partial charge is 0.251 e. The van der Waals surface area contributed by atoms with Crippen LogP contribution in [-0.2, 0) is 10.0 Å². The molecule has 0 radical (unpaired) electrons. The summed E-state index contributed by atoms with van der Waals surface area (Å²) in [7, 11) is -3.59. The van der Waals surface area contributed by atoms with Crippen molar-refractivity contribution in [3.05, 3.63) is 29.8 Å². The van der Waals surface area contributed by atoms with Gasteiger partial charge < -0.3 is 11.1 Å². The summed E-state index contributed by atoms with van der Waals surface area (Å²) < 4.78 is 27.3. The van der Waals surface area contributed by atoms with Gasteiger partial charge in [0.25, 0.3) is 5.91 Å². The van der Waals surface area contributed by atoms with E-state index in [1.165, 1.54) is 10.4 Å². The fraction of sp³-hybridized carbons (Fsp3) is 0.588. The number of nitrogens with zero attached hydrogens (tertiary/aromatic N) is 1. The highest BCUT2D eigenvalue weighted by molar-refractivity contribution is 7.89. The Hall–Kier alpha value is -1.44. The van der Waals surface area contributed by atoms with E-state index in [9.17, 15) is 13.2 Å². The lowest BCUT2D eigenvalue weighted by Crippen LogP contribution is -2.48. The zero-order chi connectivity index (χ0) is 18.0.